The van der Waals surface area contributed by atoms with Crippen LogP contribution in [-0.2, 0) is 39.1 Å². The third-order valence-corrected chi connectivity index (χ3v) is 10.6. The molecule has 3 N–H and O–H groups in total. The van der Waals surface area contributed by atoms with Crippen molar-refractivity contribution in [1.29, 1.82) is 0 Å². The Morgan fingerprint density at radius 2 is 1.92 bits per heavy atom. The molecule has 5 rings (SSSR count). The van der Waals surface area contributed by atoms with E-state index in [4.69, 9.17) is 16.3 Å². The number of hydrogen-bond acceptors (Lipinski definition) is 7. The fraction of sp³-hybridized carbons (Fsp3) is 0.400. The molecule has 1 unspecified atom stereocenters. The highest BCUT2D eigenvalue weighted by Crippen LogP contribution is 2.53. The number of imidazole rings is 1. The first-order valence-electron chi connectivity index (χ1n) is 12.3. The minimum Gasteiger partial charge on any atom is -0.492 e. The molecule has 13 heteroatoms. The van der Waals surface area contributed by atoms with Gasteiger partial charge < -0.3 is 14.6 Å². The second kappa shape index (κ2) is 10.6. The van der Waals surface area contributed by atoms with Crippen LogP contribution in [0.3, 0.4) is 0 Å². The Kier molecular flexibility index (Phi) is 7.55. The maximum Gasteiger partial charge on any atom is 0.290 e. The summed E-state index contributed by atoms with van der Waals surface area (Å²) in [6.07, 6.45) is 6.71. The number of hydrogen-bond donors (Lipinski definition) is 3. The molecule has 204 valence electrons. The summed E-state index contributed by atoms with van der Waals surface area (Å²) in [6.45, 7) is 0.785. The van der Waals surface area contributed by atoms with Crippen molar-refractivity contribution in [2.45, 2.75) is 42.2 Å². The van der Waals surface area contributed by atoms with E-state index < -0.39 is 20.2 Å². The SMILES string of the molecule is Cn1cnc(S(=O)(=O)NS(=O)(=O)NCCOc2ccc3c(c2)C(C2(c4ccc(Cl)cc4)CCC2)NCC3)c1. The molecule has 0 saturated heterocycles. The third kappa shape index (κ3) is 5.61. The first-order valence-corrected chi connectivity index (χ1v) is 15.7. The highest BCUT2D eigenvalue weighted by atomic mass is 35.5. The normalized spacial score (nSPS) is 18.9. The smallest absolute Gasteiger partial charge is 0.290 e. The van der Waals surface area contributed by atoms with Gasteiger partial charge in [0.05, 0.1) is 6.33 Å². The zero-order valence-corrected chi connectivity index (χ0v) is 23.2. The van der Waals surface area contributed by atoms with Crippen LogP contribution in [0.5, 0.6) is 5.75 Å². The number of sulfonamides is 1. The van der Waals surface area contributed by atoms with Crippen molar-refractivity contribution < 1.29 is 21.6 Å². The quantitative estimate of drug-likeness (QED) is 0.315. The van der Waals surface area contributed by atoms with Crippen LogP contribution >= 0.6 is 11.6 Å². The topological polar surface area (TPSA) is 131 Å². The predicted molar refractivity (Wildman–Crippen MR) is 144 cm³/mol. The average molecular weight is 580 g/mol. The van der Waals surface area contributed by atoms with E-state index in [9.17, 15) is 16.8 Å². The van der Waals surface area contributed by atoms with Gasteiger partial charge in [0.15, 0.2) is 5.03 Å². The zero-order valence-electron chi connectivity index (χ0n) is 20.9. The van der Waals surface area contributed by atoms with Gasteiger partial charge in [-0.25, -0.2) is 13.4 Å². The van der Waals surface area contributed by atoms with Gasteiger partial charge in [0.1, 0.15) is 12.4 Å². The van der Waals surface area contributed by atoms with Crippen molar-refractivity contribution in [3.8, 4) is 5.75 Å². The van der Waals surface area contributed by atoms with Gasteiger partial charge in [-0.05, 0) is 66.8 Å². The predicted octanol–water partition coefficient (Wildman–Crippen LogP) is 2.57. The number of nitrogens with one attached hydrogen (secondary N) is 3. The van der Waals surface area contributed by atoms with Crippen molar-refractivity contribution in [3.05, 3.63) is 76.7 Å². The Balaban J connectivity index is 1.24. The lowest BCUT2D eigenvalue weighted by molar-refractivity contribution is 0.164. The summed E-state index contributed by atoms with van der Waals surface area (Å²) in [6, 6.07) is 14.2. The Morgan fingerprint density at radius 3 is 2.58 bits per heavy atom. The number of benzene rings is 2. The van der Waals surface area contributed by atoms with Gasteiger partial charge >= 0.3 is 0 Å². The van der Waals surface area contributed by atoms with E-state index in [1.165, 1.54) is 33.8 Å². The fourth-order valence-electron chi connectivity index (χ4n) is 5.29. The average Bonchev–Trinajstić information content (AvgIpc) is 3.29. The number of fused-ring (bicyclic) bond motifs is 1. The first-order chi connectivity index (χ1) is 18.1. The second-order valence-corrected chi connectivity index (χ2v) is 13.5. The summed E-state index contributed by atoms with van der Waals surface area (Å²) >= 11 is 6.15. The van der Waals surface area contributed by atoms with Crippen molar-refractivity contribution in [2.75, 3.05) is 19.7 Å². The van der Waals surface area contributed by atoms with Crippen LogP contribution in [0.4, 0.5) is 0 Å². The Bertz CT molecular complexity index is 1520. The standard InChI is InChI=1S/C25H30ClN5O5S2/c1-31-16-23(28-17-31)37(32,33)30-38(34,35)29-13-14-36-21-8-3-18-9-12-27-24(22(18)15-21)25(10-2-11-25)19-4-6-20(26)7-5-19/h3-8,15-17,24,27,29-30H,2,9-14H2,1H3. The summed E-state index contributed by atoms with van der Waals surface area (Å²) in [5.74, 6) is 0.622. The molecule has 1 aromatic heterocycles. The van der Waals surface area contributed by atoms with Crippen molar-refractivity contribution in [2.24, 2.45) is 7.05 Å². The molecule has 1 atom stereocenters. The minimum absolute atomic E-state index is 0.0151. The molecule has 2 aromatic carbocycles. The van der Waals surface area contributed by atoms with E-state index >= 15 is 0 Å². The molecule has 1 saturated carbocycles. The van der Waals surface area contributed by atoms with E-state index in [0.717, 1.165) is 37.3 Å². The third-order valence-electron chi connectivity index (χ3n) is 7.23. The van der Waals surface area contributed by atoms with Crippen molar-refractivity contribution in [1.82, 2.24) is 23.7 Å². The Hall–Kier alpha value is -2.48. The zero-order chi connectivity index (χ0) is 27.0. The van der Waals surface area contributed by atoms with Crippen molar-refractivity contribution >= 4 is 31.8 Å². The van der Waals surface area contributed by atoms with Gasteiger partial charge in [-0.1, -0.05) is 40.3 Å². The van der Waals surface area contributed by atoms with Gasteiger partial charge in [-0.2, -0.15) is 13.1 Å². The van der Waals surface area contributed by atoms with E-state index in [2.05, 4.69) is 33.2 Å². The van der Waals surface area contributed by atoms with Crippen LogP contribution in [-0.4, -0.2) is 46.1 Å². The number of aromatic nitrogens is 2. The van der Waals surface area contributed by atoms with Gasteiger partial charge in [-0.3, -0.25) is 0 Å². The summed E-state index contributed by atoms with van der Waals surface area (Å²) in [4.78, 5) is 3.68. The number of halogens is 1. The first kappa shape index (κ1) is 27.1. The molecule has 0 radical (unpaired) electrons. The van der Waals surface area contributed by atoms with E-state index in [1.807, 2.05) is 24.3 Å². The summed E-state index contributed by atoms with van der Waals surface area (Å²) < 4.78 is 60.2. The van der Waals surface area contributed by atoms with Crippen LogP contribution in [0.1, 0.15) is 42.0 Å². The molecule has 1 fully saturated rings. The molecule has 1 aliphatic carbocycles. The highest BCUT2D eigenvalue weighted by Gasteiger charge is 2.47. The Morgan fingerprint density at radius 1 is 1.16 bits per heavy atom. The molecule has 2 aliphatic rings. The summed E-state index contributed by atoms with van der Waals surface area (Å²) in [5.41, 5.74) is 3.71. The van der Waals surface area contributed by atoms with Gasteiger partial charge in [0.25, 0.3) is 20.2 Å². The van der Waals surface area contributed by atoms with Crippen LogP contribution in [0.15, 0.2) is 60.0 Å². The highest BCUT2D eigenvalue weighted by molar-refractivity contribution is 8.03. The molecule has 10 nitrogen and oxygen atoms in total. The Labute approximate surface area is 228 Å². The fourth-order valence-corrected chi connectivity index (χ4v) is 7.99. The molecular formula is C25H30ClN5O5S2. The summed E-state index contributed by atoms with van der Waals surface area (Å²) in [5, 5.41) is 4.06. The number of rotatable bonds is 10. The minimum atomic E-state index is -4.34. The number of ether oxygens (including phenoxy) is 1. The molecule has 38 heavy (non-hydrogen) atoms. The summed E-state index contributed by atoms with van der Waals surface area (Å²) in [7, 11) is -7.09. The van der Waals surface area contributed by atoms with Crippen molar-refractivity contribution in [3.63, 3.8) is 0 Å². The lowest BCUT2D eigenvalue weighted by atomic mass is 9.58. The molecule has 1 aliphatic heterocycles. The van der Waals surface area contributed by atoms with Gasteiger partial charge in [-0.15, -0.1) is 0 Å². The van der Waals surface area contributed by atoms with E-state index in [-0.39, 0.29) is 29.6 Å². The van der Waals surface area contributed by atoms with Crippen LogP contribution in [0.25, 0.3) is 0 Å². The van der Waals surface area contributed by atoms with E-state index in [1.54, 1.807) is 11.2 Å². The molecule has 3 aromatic rings. The van der Waals surface area contributed by atoms with Crippen LogP contribution in [0.2, 0.25) is 5.02 Å². The molecule has 0 bridgehead atoms. The number of aryl methyl sites for hydroxylation is 1. The second-order valence-electron chi connectivity index (χ2n) is 9.72. The van der Waals surface area contributed by atoms with Gasteiger partial charge in [0, 0.05) is 36.3 Å². The monoisotopic (exact) mass is 579 g/mol. The van der Waals surface area contributed by atoms with Gasteiger partial charge in [0.2, 0.25) is 0 Å². The van der Waals surface area contributed by atoms with Crippen LogP contribution < -0.4 is 18.9 Å². The molecular weight excluding hydrogens is 550 g/mol. The largest absolute Gasteiger partial charge is 0.492 e. The lowest BCUT2D eigenvalue weighted by Gasteiger charge is -2.50. The van der Waals surface area contributed by atoms with E-state index in [0.29, 0.717) is 5.75 Å². The molecule has 0 spiro atoms. The molecule has 0 amide bonds. The lowest BCUT2D eigenvalue weighted by Crippen LogP contribution is -2.49. The maximum atomic E-state index is 12.3. The molecule has 2 heterocycles. The number of nitrogens with zero attached hydrogens (tertiary/aromatic N) is 2. The maximum absolute atomic E-state index is 12.3. The van der Waals surface area contributed by atoms with Crippen LogP contribution in [0, 0.1) is 0 Å².